The van der Waals surface area contributed by atoms with Crippen molar-refractivity contribution in [2.45, 2.75) is 13.3 Å². The van der Waals surface area contributed by atoms with E-state index >= 15 is 0 Å². The Labute approximate surface area is 110 Å². The lowest BCUT2D eigenvalue weighted by atomic mass is 10.1. The van der Waals surface area contributed by atoms with E-state index in [1.807, 2.05) is 6.92 Å². The van der Waals surface area contributed by atoms with Crippen molar-refractivity contribution in [2.24, 2.45) is 11.7 Å². The minimum Gasteiger partial charge on any atom is -0.330 e. The smallest absolute Gasteiger partial charge is 0.259 e. The Morgan fingerprint density at radius 3 is 2.68 bits per heavy atom. The number of rotatable bonds is 4. The van der Waals surface area contributed by atoms with Crippen molar-refractivity contribution in [2.75, 3.05) is 11.9 Å². The van der Waals surface area contributed by atoms with Crippen molar-refractivity contribution in [1.29, 1.82) is 0 Å². The summed E-state index contributed by atoms with van der Waals surface area (Å²) in [6, 6.07) is 4.63. The van der Waals surface area contributed by atoms with E-state index in [0.29, 0.717) is 24.2 Å². The summed E-state index contributed by atoms with van der Waals surface area (Å²) < 4.78 is 0. The van der Waals surface area contributed by atoms with Gasteiger partial charge in [-0.25, -0.2) is 0 Å². The van der Waals surface area contributed by atoms with Crippen LogP contribution in [-0.2, 0) is 4.79 Å². The molecule has 1 aromatic rings. The van der Waals surface area contributed by atoms with Crippen LogP contribution in [-0.4, -0.2) is 24.3 Å². The topological polar surface area (TPSA) is 101 Å². The van der Waals surface area contributed by atoms with Gasteiger partial charge in [0.15, 0.2) is 0 Å². The Morgan fingerprint density at radius 2 is 2.00 bits per heavy atom. The lowest BCUT2D eigenvalue weighted by molar-refractivity contribution is -0.116. The minimum atomic E-state index is -0.438. The van der Waals surface area contributed by atoms with Crippen LogP contribution in [0.1, 0.15) is 34.1 Å². The molecule has 0 saturated heterocycles. The second-order valence-corrected chi connectivity index (χ2v) is 4.64. The molecule has 6 nitrogen and oxygen atoms in total. The molecule has 4 N–H and O–H groups in total. The first-order valence-corrected chi connectivity index (χ1v) is 6.01. The summed E-state index contributed by atoms with van der Waals surface area (Å²) in [5.41, 5.74) is 6.57. The van der Waals surface area contributed by atoms with Crippen molar-refractivity contribution in [3.05, 3.63) is 29.3 Å². The second-order valence-electron chi connectivity index (χ2n) is 4.64. The Bertz CT molecular complexity index is 554. The van der Waals surface area contributed by atoms with Gasteiger partial charge in [-0.2, -0.15) is 0 Å². The van der Waals surface area contributed by atoms with Crippen molar-refractivity contribution in [1.82, 2.24) is 5.32 Å². The van der Waals surface area contributed by atoms with Gasteiger partial charge in [0.25, 0.3) is 11.8 Å². The van der Waals surface area contributed by atoms with Crippen molar-refractivity contribution >= 4 is 23.4 Å². The van der Waals surface area contributed by atoms with Crippen LogP contribution in [0.3, 0.4) is 0 Å². The standard InChI is InChI=1S/C13H15N3O3/c1-7(6-14)4-11(17)15-8-2-3-9-10(5-8)13(19)16-12(9)18/h2-3,5,7H,4,6,14H2,1H3,(H,15,17)(H,16,18,19). The third-order valence-corrected chi connectivity index (χ3v) is 2.96. The van der Waals surface area contributed by atoms with Crippen LogP contribution in [0.5, 0.6) is 0 Å². The molecule has 2 rings (SSSR count). The maximum absolute atomic E-state index is 11.7. The summed E-state index contributed by atoms with van der Waals surface area (Å²) in [7, 11) is 0. The molecule has 0 saturated carbocycles. The Balaban J connectivity index is 2.11. The predicted molar refractivity (Wildman–Crippen MR) is 69.7 cm³/mol. The number of carbonyl (C=O) groups is 3. The van der Waals surface area contributed by atoms with Crippen molar-refractivity contribution in [3.8, 4) is 0 Å². The first-order valence-electron chi connectivity index (χ1n) is 6.01. The summed E-state index contributed by atoms with van der Waals surface area (Å²) in [6.45, 7) is 2.32. The number of hydrogen-bond donors (Lipinski definition) is 3. The molecule has 1 aliphatic heterocycles. The fourth-order valence-electron chi connectivity index (χ4n) is 1.86. The van der Waals surface area contributed by atoms with Gasteiger partial charge in [0, 0.05) is 12.1 Å². The summed E-state index contributed by atoms with van der Waals surface area (Å²) in [4.78, 5) is 34.5. The predicted octanol–water partition coefficient (Wildman–Crippen LogP) is 0.494. The highest BCUT2D eigenvalue weighted by atomic mass is 16.2. The van der Waals surface area contributed by atoms with E-state index in [9.17, 15) is 14.4 Å². The molecule has 1 aromatic carbocycles. The van der Waals surface area contributed by atoms with Gasteiger partial charge in [-0.1, -0.05) is 6.92 Å². The normalized spacial score (nSPS) is 14.8. The third kappa shape index (κ3) is 2.79. The lowest BCUT2D eigenvalue weighted by Gasteiger charge is -2.09. The molecule has 19 heavy (non-hydrogen) atoms. The van der Waals surface area contributed by atoms with Crippen LogP contribution >= 0.6 is 0 Å². The van der Waals surface area contributed by atoms with Gasteiger partial charge in [-0.15, -0.1) is 0 Å². The number of nitrogens with two attached hydrogens (primary N) is 1. The van der Waals surface area contributed by atoms with Crippen LogP contribution in [0.4, 0.5) is 5.69 Å². The number of anilines is 1. The zero-order chi connectivity index (χ0) is 14.0. The van der Waals surface area contributed by atoms with E-state index in [1.54, 1.807) is 6.07 Å². The molecule has 1 heterocycles. The van der Waals surface area contributed by atoms with Crippen molar-refractivity contribution < 1.29 is 14.4 Å². The fourth-order valence-corrected chi connectivity index (χ4v) is 1.86. The molecule has 0 fully saturated rings. The van der Waals surface area contributed by atoms with Crippen LogP contribution < -0.4 is 16.4 Å². The third-order valence-electron chi connectivity index (χ3n) is 2.96. The minimum absolute atomic E-state index is 0.0966. The average molecular weight is 261 g/mol. The molecular formula is C13H15N3O3. The van der Waals surface area contributed by atoms with Crippen molar-refractivity contribution in [3.63, 3.8) is 0 Å². The van der Waals surface area contributed by atoms with E-state index in [1.165, 1.54) is 12.1 Å². The van der Waals surface area contributed by atoms with Gasteiger partial charge in [-0.3, -0.25) is 19.7 Å². The summed E-state index contributed by atoms with van der Waals surface area (Å²) in [6.07, 6.45) is 0.318. The first kappa shape index (κ1) is 13.2. The molecule has 3 amide bonds. The number of imide groups is 1. The largest absolute Gasteiger partial charge is 0.330 e. The van der Waals surface area contributed by atoms with Crippen LogP contribution in [0.15, 0.2) is 18.2 Å². The van der Waals surface area contributed by atoms with E-state index in [4.69, 9.17) is 5.73 Å². The van der Waals surface area contributed by atoms with Crippen LogP contribution in [0, 0.1) is 5.92 Å². The van der Waals surface area contributed by atoms with Gasteiger partial charge >= 0.3 is 0 Å². The number of amides is 3. The molecule has 0 spiro atoms. The molecule has 1 unspecified atom stereocenters. The number of fused-ring (bicyclic) bond motifs is 1. The number of benzene rings is 1. The summed E-state index contributed by atoms with van der Waals surface area (Å²) >= 11 is 0. The highest BCUT2D eigenvalue weighted by molar-refractivity contribution is 6.22. The van der Waals surface area contributed by atoms with Gasteiger partial charge in [0.1, 0.15) is 0 Å². The average Bonchev–Trinajstić information content (AvgIpc) is 2.64. The molecule has 0 aliphatic carbocycles. The highest BCUT2D eigenvalue weighted by Gasteiger charge is 2.26. The maximum Gasteiger partial charge on any atom is 0.259 e. The summed E-state index contributed by atoms with van der Waals surface area (Å²) in [5.74, 6) is -0.914. The second kappa shape index (κ2) is 5.19. The van der Waals surface area contributed by atoms with Gasteiger partial charge in [0.05, 0.1) is 11.1 Å². The Kier molecular flexibility index (Phi) is 3.62. The van der Waals surface area contributed by atoms with E-state index in [-0.39, 0.29) is 17.4 Å². The number of hydrogen-bond acceptors (Lipinski definition) is 4. The lowest BCUT2D eigenvalue weighted by Crippen LogP contribution is -2.20. The maximum atomic E-state index is 11.7. The van der Waals surface area contributed by atoms with Crippen LogP contribution in [0.2, 0.25) is 0 Å². The molecule has 0 bridgehead atoms. The first-order chi connectivity index (χ1) is 9.01. The zero-order valence-corrected chi connectivity index (χ0v) is 10.5. The SMILES string of the molecule is CC(CN)CC(=O)Nc1ccc2c(c1)C(=O)NC2=O. The molecule has 0 radical (unpaired) electrons. The number of nitrogens with one attached hydrogen (secondary N) is 2. The van der Waals surface area contributed by atoms with E-state index in [2.05, 4.69) is 10.6 Å². The van der Waals surface area contributed by atoms with E-state index in [0.717, 1.165) is 0 Å². The summed E-state index contributed by atoms with van der Waals surface area (Å²) in [5, 5.41) is 4.88. The van der Waals surface area contributed by atoms with Gasteiger partial charge in [0.2, 0.25) is 5.91 Å². The molecule has 1 atom stereocenters. The fraction of sp³-hybridized carbons (Fsp3) is 0.308. The zero-order valence-electron chi connectivity index (χ0n) is 10.5. The van der Waals surface area contributed by atoms with Gasteiger partial charge in [-0.05, 0) is 30.7 Å². The molecule has 1 aliphatic rings. The van der Waals surface area contributed by atoms with E-state index < -0.39 is 11.8 Å². The Hall–Kier alpha value is -2.21. The molecule has 6 heteroatoms. The van der Waals surface area contributed by atoms with Crippen LogP contribution in [0.25, 0.3) is 0 Å². The molecule has 100 valence electrons. The number of carbonyl (C=O) groups excluding carboxylic acids is 3. The molecular weight excluding hydrogens is 246 g/mol. The quantitative estimate of drug-likeness (QED) is 0.687. The monoisotopic (exact) mass is 261 g/mol. The van der Waals surface area contributed by atoms with Gasteiger partial charge < -0.3 is 11.1 Å². The molecule has 0 aromatic heterocycles. The Morgan fingerprint density at radius 1 is 1.32 bits per heavy atom. The highest BCUT2D eigenvalue weighted by Crippen LogP contribution is 2.20.